The van der Waals surface area contributed by atoms with Crippen molar-refractivity contribution in [2.75, 3.05) is 13.1 Å². The Morgan fingerprint density at radius 3 is 2.53 bits per heavy atom. The number of alkyl halides is 3. The van der Waals surface area contributed by atoms with Crippen LogP contribution in [0, 0.1) is 0 Å². The Labute approximate surface area is 106 Å². The van der Waals surface area contributed by atoms with Crippen LogP contribution in [0.15, 0.2) is 30.3 Å². The first-order chi connectivity index (χ1) is 8.02. The fourth-order valence-corrected chi connectivity index (χ4v) is 1.69. The van der Waals surface area contributed by atoms with Crippen LogP contribution in [-0.2, 0) is 5.92 Å². The summed E-state index contributed by atoms with van der Waals surface area (Å²) >= 11 is 5.77. The molecule has 0 aliphatic rings. The second-order valence-corrected chi connectivity index (χ2v) is 4.92. The third-order valence-corrected chi connectivity index (χ3v) is 2.72. The second-order valence-electron chi connectivity index (χ2n) is 4.17. The van der Waals surface area contributed by atoms with Gasteiger partial charge in [-0.2, -0.15) is 8.78 Å². The van der Waals surface area contributed by atoms with Gasteiger partial charge in [-0.3, -0.25) is 0 Å². The van der Waals surface area contributed by atoms with Crippen LogP contribution in [0.25, 0.3) is 0 Å². The summed E-state index contributed by atoms with van der Waals surface area (Å²) in [6.45, 7) is 2.15. The van der Waals surface area contributed by atoms with E-state index in [0.717, 1.165) is 12.8 Å². The van der Waals surface area contributed by atoms with E-state index in [-0.39, 0.29) is 17.5 Å². The molecule has 1 atom stereocenters. The van der Waals surface area contributed by atoms with Gasteiger partial charge in [0, 0.05) is 10.9 Å². The van der Waals surface area contributed by atoms with Crippen LogP contribution < -0.4 is 5.32 Å². The first kappa shape index (κ1) is 14.4. The molecule has 0 heterocycles. The lowest BCUT2D eigenvalue weighted by atomic mass is 10.1. The third-order valence-electron chi connectivity index (χ3n) is 2.50. The topological polar surface area (TPSA) is 12.0 Å². The lowest BCUT2D eigenvalue weighted by Gasteiger charge is -2.17. The third kappa shape index (κ3) is 5.46. The molecule has 0 saturated heterocycles. The van der Waals surface area contributed by atoms with Crippen molar-refractivity contribution in [2.24, 2.45) is 0 Å². The summed E-state index contributed by atoms with van der Waals surface area (Å²) in [7, 11) is 0. The molecule has 96 valence electrons. The van der Waals surface area contributed by atoms with Crippen molar-refractivity contribution in [3.8, 4) is 0 Å². The predicted molar refractivity (Wildman–Crippen MR) is 67.8 cm³/mol. The van der Waals surface area contributed by atoms with Gasteiger partial charge in [-0.05, 0) is 26.3 Å². The van der Waals surface area contributed by atoms with Crippen LogP contribution in [0.2, 0.25) is 0 Å². The second kappa shape index (κ2) is 6.92. The average molecular weight is 262 g/mol. The number of nitrogens with one attached hydrogen (secondary N) is 1. The van der Waals surface area contributed by atoms with Crippen LogP contribution >= 0.6 is 11.6 Å². The van der Waals surface area contributed by atoms with Gasteiger partial charge in [-0.15, -0.1) is 11.6 Å². The molecule has 1 rings (SSSR count). The van der Waals surface area contributed by atoms with Crippen molar-refractivity contribution in [3.63, 3.8) is 0 Å². The maximum absolute atomic E-state index is 13.7. The maximum atomic E-state index is 13.7. The molecule has 4 heteroatoms. The van der Waals surface area contributed by atoms with E-state index in [4.69, 9.17) is 11.6 Å². The van der Waals surface area contributed by atoms with Gasteiger partial charge in [0.25, 0.3) is 5.92 Å². The van der Waals surface area contributed by atoms with Crippen LogP contribution in [0.4, 0.5) is 8.78 Å². The van der Waals surface area contributed by atoms with Crippen molar-refractivity contribution in [1.82, 2.24) is 5.32 Å². The molecule has 0 aliphatic carbocycles. The molecule has 0 saturated carbocycles. The fraction of sp³-hybridized carbons (Fsp3) is 0.538. The Balaban J connectivity index is 2.30. The number of benzene rings is 1. The smallest absolute Gasteiger partial charge is 0.285 e. The van der Waals surface area contributed by atoms with Crippen molar-refractivity contribution in [3.05, 3.63) is 35.9 Å². The lowest BCUT2D eigenvalue weighted by molar-refractivity contribution is -0.00300. The molecule has 1 aromatic carbocycles. The van der Waals surface area contributed by atoms with Gasteiger partial charge in [0.1, 0.15) is 0 Å². The van der Waals surface area contributed by atoms with Gasteiger partial charge in [0.15, 0.2) is 0 Å². The standard InChI is InChI=1S/C13H18ClF2N/c1-11(14)6-5-9-17-10-13(15,16)12-7-3-2-4-8-12/h2-4,7-8,11,17H,5-6,9-10H2,1H3. The van der Waals surface area contributed by atoms with Crippen molar-refractivity contribution in [2.45, 2.75) is 31.1 Å². The van der Waals surface area contributed by atoms with E-state index in [1.807, 2.05) is 6.92 Å². The first-order valence-electron chi connectivity index (χ1n) is 5.80. The van der Waals surface area contributed by atoms with Crippen LogP contribution in [-0.4, -0.2) is 18.5 Å². The zero-order valence-corrected chi connectivity index (χ0v) is 10.7. The molecule has 0 aliphatic heterocycles. The molecule has 1 unspecified atom stereocenters. The highest BCUT2D eigenvalue weighted by molar-refractivity contribution is 6.20. The molecule has 0 fully saturated rings. The Hall–Kier alpha value is -0.670. The summed E-state index contributed by atoms with van der Waals surface area (Å²) in [5, 5.41) is 2.87. The molecule has 0 spiro atoms. The van der Waals surface area contributed by atoms with E-state index in [2.05, 4.69) is 5.32 Å². The summed E-state index contributed by atoms with van der Waals surface area (Å²) in [5.74, 6) is -2.81. The maximum Gasteiger partial charge on any atom is 0.285 e. The van der Waals surface area contributed by atoms with Crippen LogP contribution in [0.1, 0.15) is 25.3 Å². The summed E-state index contributed by atoms with van der Waals surface area (Å²) in [6.07, 6.45) is 1.65. The molecule has 0 bridgehead atoms. The summed E-state index contributed by atoms with van der Waals surface area (Å²) in [5.41, 5.74) is 0.0539. The highest BCUT2D eigenvalue weighted by atomic mass is 35.5. The van der Waals surface area contributed by atoms with Gasteiger partial charge in [-0.1, -0.05) is 30.3 Å². The van der Waals surface area contributed by atoms with Gasteiger partial charge in [0.2, 0.25) is 0 Å². The molecule has 1 nitrogen and oxygen atoms in total. The van der Waals surface area contributed by atoms with Gasteiger partial charge < -0.3 is 5.32 Å². The summed E-state index contributed by atoms with van der Waals surface area (Å²) < 4.78 is 27.3. The van der Waals surface area contributed by atoms with Crippen LogP contribution in [0.5, 0.6) is 0 Å². The number of hydrogen-bond donors (Lipinski definition) is 1. The van der Waals surface area contributed by atoms with Crippen molar-refractivity contribution < 1.29 is 8.78 Å². The predicted octanol–water partition coefficient (Wildman–Crippen LogP) is 3.78. The lowest BCUT2D eigenvalue weighted by Crippen LogP contribution is -2.31. The number of hydrogen-bond acceptors (Lipinski definition) is 1. The fourth-order valence-electron chi connectivity index (χ4n) is 1.54. The van der Waals surface area contributed by atoms with Crippen LogP contribution in [0.3, 0.4) is 0 Å². The molecule has 1 aromatic rings. The minimum absolute atomic E-state index is 0.0539. The van der Waals surface area contributed by atoms with Crippen molar-refractivity contribution >= 4 is 11.6 Å². The van der Waals surface area contributed by atoms with E-state index < -0.39 is 5.92 Å². The Bertz CT molecular complexity index is 314. The Morgan fingerprint density at radius 2 is 1.94 bits per heavy atom. The zero-order chi connectivity index (χ0) is 12.7. The molecular formula is C13H18ClF2N. The largest absolute Gasteiger partial charge is 0.311 e. The minimum atomic E-state index is -2.81. The number of halogens is 3. The summed E-state index contributed by atoms with van der Waals surface area (Å²) in [4.78, 5) is 0. The quantitative estimate of drug-likeness (QED) is 0.582. The zero-order valence-electron chi connectivity index (χ0n) is 9.93. The Kier molecular flexibility index (Phi) is 5.86. The minimum Gasteiger partial charge on any atom is -0.311 e. The van der Waals surface area contributed by atoms with E-state index in [1.54, 1.807) is 18.2 Å². The molecule has 1 N–H and O–H groups in total. The van der Waals surface area contributed by atoms with Gasteiger partial charge >= 0.3 is 0 Å². The molecule has 0 radical (unpaired) electrons. The highest BCUT2D eigenvalue weighted by Crippen LogP contribution is 2.26. The molecule has 0 aromatic heterocycles. The average Bonchev–Trinajstić information content (AvgIpc) is 2.29. The molecule has 17 heavy (non-hydrogen) atoms. The van der Waals surface area contributed by atoms with E-state index in [0.29, 0.717) is 6.54 Å². The SMILES string of the molecule is CC(Cl)CCCNCC(F)(F)c1ccccc1. The highest BCUT2D eigenvalue weighted by Gasteiger charge is 2.30. The number of rotatable bonds is 7. The summed E-state index contributed by atoms with van der Waals surface area (Å²) in [6, 6.07) is 7.87. The normalized spacial score (nSPS) is 13.6. The van der Waals surface area contributed by atoms with E-state index in [1.165, 1.54) is 12.1 Å². The molecule has 0 amide bonds. The Morgan fingerprint density at radius 1 is 1.29 bits per heavy atom. The van der Waals surface area contributed by atoms with Gasteiger partial charge in [0.05, 0.1) is 6.54 Å². The monoisotopic (exact) mass is 261 g/mol. The van der Waals surface area contributed by atoms with E-state index >= 15 is 0 Å². The van der Waals surface area contributed by atoms with E-state index in [9.17, 15) is 8.78 Å². The van der Waals surface area contributed by atoms with Crippen molar-refractivity contribution in [1.29, 1.82) is 0 Å². The van der Waals surface area contributed by atoms with Gasteiger partial charge in [-0.25, -0.2) is 0 Å². The molecular weight excluding hydrogens is 244 g/mol. The first-order valence-corrected chi connectivity index (χ1v) is 6.24.